The van der Waals surface area contributed by atoms with Gasteiger partial charge < -0.3 is 10.2 Å². The Morgan fingerprint density at radius 1 is 1.21 bits per heavy atom. The van der Waals surface area contributed by atoms with Crippen molar-refractivity contribution in [3.05, 3.63) is 64.9 Å². The van der Waals surface area contributed by atoms with Crippen molar-refractivity contribution in [2.45, 2.75) is 19.9 Å². The SMILES string of the molecule is CCNC(=NCCc1ccccn1)N(C)Cc1ccccc1Cl.I. The monoisotopic (exact) mass is 458 g/mol. The van der Waals surface area contributed by atoms with Gasteiger partial charge in [0.1, 0.15) is 0 Å². The van der Waals surface area contributed by atoms with Gasteiger partial charge in [0.2, 0.25) is 0 Å². The molecule has 0 fully saturated rings. The van der Waals surface area contributed by atoms with E-state index in [0.29, 0.717) is 6.54 Å². The molecule has 0 saturated heterocycles. The highest BCUT2D eigenvalue weighted by molar-refractivity contribution is 14.0. The molecule has 0 aliphatic heterocycles. The zero-order valence-corrected chi connectivity index (χ0v) is 17.2. The van der Waals surface area contributed by atoms with Gasteiger partial charge in [-0.3, -0.25) is 9.98 Å². The molecule has 0 bridgehead atoms. The maximum absolute atomic E-state index is 6.24. The van der Waals surface area contributed by atoms with Crippen LogP contribution >= 0.6 is 35.6 Å². The van der Waals surface area contributed by atoms with Gasteiger partial charge >= 0.3 is 0 Å². The summed E-state index contributed by atoms with van der Waals surface area (Å²) in [6, 6.07) is 13.8. The van der Waals surface area contributed by atoms with E-state index in [1.54, 1.807) is 0 Å². The summed E-state index contributed by atoms with van der Waals surface area (Å²) in [4.78, 5) is 11.1. The lowest BCUT2D eigenvalue weighted by molar-refractivity contribution is 0.477. The molecule has 0 aliphatic carbocycles. The Bertz CT molecular complexity index is 634. The van der Waals surface area contributed by atoms with Crippen molar-refractivity contribution < 1.29 is 0 Å². The lowest BCUT2D eigenvalue weighted by atomic mass is 10.2. The minimum absolute atomic E-state index is 0. The summed E-state index contributed by atoms with van der Waals surface area (Å²) in [5, 5.41) is 4.10. The molecule has 130 valence electrons. The summed E-state index contributed by atoms with van der Waals surface area (Å²) in [5.74, 6) is 0.878. The largest absolute Gasteiger partial charge is 0.357 e. The first-order valence-electron chi connectivity index (χ1n) is 7.83. The molecular formula is C18H24ClIN4. The van der Waals surface area contributed by atoms with E-state index in [1.807, 2.05) is 55.7 Å². The molecule has 1 heterocycles. The van der Waals surface area contributed by atoms with Crippen molar-refractivity contribution in [2.24, 2.45) is 4.99 Å². The number of pyridine rings is 1. The normalized spacial score (nSPS) is 10.9. The Hall–Kier alpha value is -1.34. The maximum atomic E-state index is 6.24. The van der Waals surface area contributed by atoms with Gasteiger partial charge in [0.25, 0.3) is 0 Å². The van der Waals surface area contributed by atoms with Gasteiger partial charge in [-0.1, -0.05) is 35.9 Å². The van der Waals surface area contributed by atoms with Gasteiger partial charge in [0, 0.05) is 50.0 Å². The van der Waals surface area contributed by atoms with Gasteiger partial charge in [0.15, 0.2) is 5.96 Å². The molecule has 0 radical (unpaired) electrons. The standard InChI is InChI=1S/C18H23ClN4.HI/c1-3-20-18(22-13-11-16-9-6-7-12-21-16)23(2)14-15-8-4-5-10-17(15)19;/h4-10,12H,3,11,13-14H2,1-2H3,(H,20,22);1H. The fourth-order valence-corrected chi connectivity index (χ4v) is 2.44. The number of nitrogens with one attached hydrogen (secondary N) is 1. The van der Waals surface area contributed by atoms with E-state index in [-0.39, 0.29) is 24.0 Å². The molecule has 0 amide bonds. The Morgan fingerprint density at radius 2 is 1.96 bits per heavy atom. The second-order valence-corrected chi connectivity index (χ2v) is 5.66. The second kappa shape index (κ2) is 11.3. The minimum atomic E-state index is 0. The van der Waals surface area contributed by atoms with Gasteiger partial charge in [-0.15, -0.1) is 24.0 Å². The highest BCUT2D eigenvalue weighted by Crippen LogP contribution is 2.16. The summed E-state index contributed by atoms with van der Waals surface area (Å²) >= 11 is 6.24. The Kier molecular flexibility index (Phi) is 9.71. The van der Waals surface area contributed by atoms with Gasteiger partial charge in [0.05, 0.1) is 0 Å². The summed E-state index contributed by atoms with van der Waals surface area (Å²) in [6.07, 6.45) is 2.64. The Labute approximate surface area is 166 Å². The third kappa shape index (κ3) is 6.65. The quantitative estimate of drug-likeness (QED) is 0.404. The van der Waals surface area contributed by atoms with Gasteiger partial charge in [-0.2, -0.15) is 0 Å². The van der Waals surface area contributed by atoms with Crippen LogP contribution in [0.15, 0.2) is 53.7 Å². The number of rotatable bonds is 6. The molecule has 24 heavy (non-hydrogen) atoms. The Morgan fingerprint density at radius 3 is 2.62 bits per heavy atom. The van der Waals surface area contributed by atoms with Crippen LogP contribution in [0.5, 0.6) is 0 Å². The number of hydrogen-bond donors (Lipinski definition) is 1. The number of aliphatic imine (C=N–C) groups is 1. The van der Waals surface area contributed by atoms with E-state index >= 15 is 0 Å². The zero-order valence-electron chi connectivity index (χ0n) is 14.1. The zero-order chi connectivity index (χ0) is 16.5. The topological polar surface area (TPSA) is 40.5 Å². The predicted molar refractivity (Wildman–Crippen MR) is 112 cm³/mol. The van der Waals surface area contributed by atoms with Crippen LogP contribution in [0.4, 0.5) is 0 Å². The van der Waals surface area contributed by atoms with Crippen molar-refractivity contribution in [3.63, 3.8) is 0 Å². The molecule has 4 nitrogen and oxygen atoms in total. The van der Waals surface area contributed by atoms with E-state index in [2.05, 4.69) is 27.1 Å². The third-order valence-corrected chi connectivity index (χ3v) is 3.79. The molecule has 1 N–H and O–H groups in total. The molecule has 0 spiro atoms. The second-order valence-electron chi connectivity index (χ2n) is 5.25. The fraction of sp³-hybridized carbons (Fsp3) is 0.333. The van der Waals surface area contributed by atoms with Crippen molar-refractivity contribution in [3.8, 4) is 0 Å². The fourth-order valence-electron chi connectivity index (χ4n) is 2.25. The molecule has 0 saturated carbocycles. The number of nitrogens with zero attached hydrogens (tertiary/aromatic N) is 3. The van der Waals surface area contributed by atoms with Crippen molar-refractivity contribution >= 4 is 41.5 Å². The molecule has 0 aliphatic rings. The number of hydrogen-bond acceptors (Lipinski definition) is 2. The third-order valence-electron chi connectivity index (χ3n) is 3.42. The van der Waals surface area contributed by atoms with Crippen LogP contribution < -0.4 is 5.32 Å². The highest BCUT2D eigenvalue weighted by Gasteiger charge is 2.08. The Balaban J connectivity index is 0.00000288. The highest BCUT2D eigenvalue weighted by atomic mass is 127. The molecule has 2 aromatic rings. The number of halogens is 2. The number of aromatic nitrogens is 1. The first-order valence-corrected chi connectivity index (χ1v) is 8.21. The summed E-state index contributed by atoms with van der Waals surface area (Å²) in [7, 11) is 2.02. The summed E-state index contributed by atoms with van der Waals surface area (Å²) in [5.41, 5.74) is 2.15. The summed E-state index contributed by atoms with van der Waals surface area (Å²) in [6.45, 7) is 4.31. The van der Waals surface area contributed by atoms with Crippen LogP contribution in [0.25, 0.3) is 0 Å². The van der Waals surface area contributed by atoms with Crippen molar-refractivity contribution in [2.75, 3.05) is 20.1 Å². The van der Waals surface area contributed by atoms with Crippen molar-refractivity contribution in [1.29, 1.82) is 0 Å². The van der Waals surface area contributed by atoms with Crippen LogP contribution in [0.3, 0.4) is 0 Å². The minimum Gasteiger partial charge on any atom is -0.357 e. The maximum Gasteiger partial charge on any atom is 0.193 e. The molecule has 6 heteroatoms. The van der Waals surface area contributed by atoms with E-state index in [4.69, 9.17) is 11.6 Å². The lowest BCUT2D eigenvalue weighted by Crippen LogP contribution is -2.38. The first-order chi connectivity index (χ1) is 11.2. The van der Waals surface area contributed by atoms with Gasteiger partial charge in [-0.25, -0.2) is 0 Å². The van der Waals surface area contributed by atoms with Gasteiger partial charge in [-0.05, 0) is 30.7 Å². The molecular weight excluding hydrogens is 435 g/mol. The van der Waals surface area contributed by atoms with Crippen LogP contribution in [0, 0.1) is 0 Å². The number of guanidine groups is 1. The van der Waals surface area contributed by atoms with E-state index < -0.39 is 0 Å². The van der Waals surface area contributed by atoms with Crippen LogP contribution in [0.2, 0.25) is 5.02 Å². The summed E-state index contributed by atoms with van der Waals surface area (Å²) < 4.78 is 0. The average Bonchev–Trinajstić information content (AvgIpc) is 2.57. The predicted octanol–water partition coefficient (Wildman–Crippen LogP) is 3.99. The first kappa shape index (κ1) is 20.7. The van der Waals surface area contributed by atoms with Crippen LogP contribution in [-0.4, -0.2) is 36.0 Å². The van der Waals surface area contributed by atoms with Crippen LogP contribution in [-0.2, 0) is 13.0 Å². The lowest BCUT2D eigenvalue weighted by Gasteiger charge is -2.22. The molecule has 1 aromatic carbocycles. The molecule has 0 unspecified atom stereocenters. The van der Waals surface area contributed by atoms with Crippen LogP contribution in [0.1, 0.15) is 18.2 Å². The van der Waals surface area contributed by atoms with E-state index in [0.717, 1.165) is 41.7 Å². The molecule has 2 rings (SSSR count). The van der Waals surface area contributed by atoms with E-state index in [9.17, 15) is 0 Å². The average molecular weight is 459 g/mol. The molecule has 1 aromatic heterocycles. The van der Waals surface area contributed by atoms with Crippen molar-refractivity contribution in [1.82, 2.24) is 15.2 Å². The molecule has 0 atom stereocenters. The number of benzene rings is 1. The van der Waals surface area contributed by atoms with E-state index in [1.165, 1.54) is 0 Å². The smallest absolute Gasteiger partial charge is 0.193 e.